The lowest BCUT2D eigenvalue weighted by Crippen LogP contribution is -2.35. The van der Waals surface area contributed by atoms with Crippen LogP contribution in [-0.2, 0) is 0 Å². The van der Waals surface area contributed by atoms with Crippen LogP contribution in [0.4, 0.5) is 0 Å². The minimum Gasteiger partial charge on any atom is -0.306 e. The van der Waals surface area contributed by atoms with Gasteiger partial charge in [0, 0.05) is 18.3 Å². The Morgan fingerprint density at radius 2 is 2.00 bits per heavy atom. The molecule has 0 amide bonds. The summed E-state index contributed by atoms with van der Waals surface area (Å²) in [5.74, 6) is 0.668. The fourth-order valence-electron chi connectivity index (χ4n) is 1.82. The van der Waals surface area contributed by atoms with Crippen molar-refractivity contribution in [3.8, 4) is 0 Å². The van der Waals surface area contributed by atoms with E-state index >= 15 is 0 Å². The Bertz CT molecular complexity index is 269. The van der Waals surface area contributed by atoms with E-state index in [-0.39, 0.29) is 0 Å². The van der Waals surface area contributed by atoms with Gasteiger partial charge in [-0.2, -0.15) is 0 Å². The second-order valence-corrected chi connectivity index (χ2v) is 4.40. The van der Waals surface area contributed by atoms with Gasteiger partial charge in [-0.1, -0.05) is 26.8 Å². The first-order valence-corrected chi connectivity index (χ1v) is 5.82. The molecular formula is C13H22N2. The highest BCUT2D eigenvalue weighted by atomic mass is 15.0. The van der Waals surface area contributed by atoms with Crippen molar-refractivity contribution in [3.05, 3.63) is 30.1 Å². The minimum absolute atomic E-state index is 0.332. The molecule has 2 nitrogen and oxygen atoms in total. The Labute approximate surface area is 93.1 Å². The molecule has 0 fully saturated rings. The fourth-order valence-corrected chi connectivity index (χ4v) is 1.82. The zero-order chi connectivity index (χ0) is 11.3. The Balaban J connectivity index is 2.58. The van der Waals surface area contributed by atoms with Crippen molar-refractivity contribution < 1.29 is 0 Å². The standard InChI is InChI=1S/C13H22N2/c1-5-12(10(2)3)15-11(4)13-8-6-7-9-14-13/h6-12,15H,5H2,1-4H3/t11-,12?/m0/s1. The van der Waals surface area contributed by atoms with Crippen molar-refractivity contribution >= 4 is 0 Å². The molecule has 2 atom stereocenters. The number of hydrogen-bond donors (Lipinski definition) is 1. The average Bonchev–Trinajstić information content (AvgIpc) is 2.26. The summed E-state index contributed by atoms with van der Waals surface area (Å²) in [6, 6.07) is 6.97. The van der Waals surface area contributed by atoms with Gasteiger partial charge >= 0.3 is 0 Å². The molecule has 0 aliphatic heterocycles. The van der Waals surface area contributed by atoms with E-state index in [2.05, 4.69) is 44.1 Å². The topological polar surface area (TPSA) is 24.9 Å². The Kier molecular flexibility index (Phi) is 4.76. The van der Waals surface area contributed by atoms with Crippen LogP contribution in [0.25, 0.3) is 0 Å². The summed E-state index contributed by atoms with van der Waals surface area (Å²) in [5, 5.41) is 3.62. The van der Waals surface area contributed by atoms with E-state index in [4.69, 9.17) is 0 Å². The van der Waals surface area contributed by atoms with Crippen LogP contribution in [0.3, 0.4) is 0 Å². The number of nitrogens with zero attached hydrogens (tertiary/aromatic N) is 1. The maximum Gasteiger partial charge on any atom is 0.0570 e. The van der Waals surface area contributed by atoms with Gasteiger partial charge in [0.15, 0.2) is 0 Å². The molecule has 0 saturated heterocycles. The van der Waals surface area contributed by atoms with E-state index < -0.39 is 0 Å². The molecule has 0 bridgehead atoms. The largest absolute Gasteiger partial charge is 0.306 e. The van der Waals surface area contributed by atoms with E-state index in [0.717, 1.165) is 12.1 Å². The SMILES string of the molecule is CCC(N[C@@H](C)c1ccccn1)C(C)C. The number of nitrogens with one attached hydrogen (secondary N) is 1. The molecule has 1 heterocycles. The third kappa shape index (κ3) is 3.63. The van der Waals surface area contributed by atoms with Gasteiger partial charge in [0.05, 0.1) is 5.69 Å². The summed E-state index contributed by atoms with van der Waals surface area (Å²) in [6.07, 6.45) is 3.01. The lowest BCUT2D eigenvalue weighted by Gasteiger charge is -2.25. The highest BCUT2D eigenvalue weighted by molar-refractivity contribution is 5.07. The zero-order valence-corrected chi connectivity index (χ0v) is 10.2. The monoisotopic (exact) mass is 206 g/mol. The molecule has 15 heavy (non-hydrogen) atoms. The summed E-state index contributed by atoms with van der Waals surface area (Å²) < 4.78 is 0. The normalized spacial score (nSPS) is 15.3. The van der Waals surface area contributed by atoms with Crippen molar-refractivity contribution in [2.75, 3.05) is 0 Å². The van der Waals surface area contributed by atoms with Gasteiger partial charge in [-0.15, -0.1) is 0 Å². The van der Waals surface area contributed by atoms with Crippen LogP contribution in [-0.4, -0.2) is 11.0 Å². The van der Waals surface area contributed by atoms with Gasteiger partial charge < -0.3 is 5.32 Å². The first-order chi connectivity index (χ1) is 7.15. The molecule has 1 rings (SSSR count). The Morgan fingerprint density at radius 3 is 2.47 bits per heavy atom. The highest BCUT2D eigenvalue weighted by Gasteiger charge is 2.15. The fraction of sp³-hybridized carbons (Fsp3) is 0.615. The average molecular weight is 206 g/mol. The van der Waals surface area contributed by atoms with Crippen LogP contribution in [0.1, 0.15) is 45.9 Å². The Morgan fingerprint density at radius 1 is 1.27 bits per heavy atom. The summed E-state index contributed by atoms with van der Waals surface area (Å²) in [4.78, 5) is 4.36. The van der Waals surface area contributed by atoms with E-state index in [9.17, 15) is 0 Å². The van der Waals surface area contributed by atoms with Crippen LogP contribution >= 0.6 is 0 Å². The van der Waals surface area contributed by atoms with Gasteiger partial charge in [-0.05, 0) is 31.4 Å². The van der Waals surface area contributed by atoms with Gasteiger partial charge in [0.25, 0.3) is 0 Å². The molecule has 0 radical (unpaired) electrons. The molecule has 0 aromatic carbocycles. The predicted octanol–water partition coefficient (Wildman–Crippen LogP) is 3.17. The number of aromatic nitrogens is 1. The lowest BCUT2D eigenvalue weighted by atomic mass is 10.0. The van der Waals surface area contributed by atoms with Gasteiger partial charge in [-0.25, -0.2) is 0 Å². The lowest BCUT2D eigenvalue weighted by molar-refractivity contribution is 0.353. The van der Waals surface area contributed by atoms with Gasteiger partial charge in [0.2, 0.25) is 0 Å². The summed E-state index contributed by atoms with van der Waals surface area (Å²) in [5.41, 5.74) is 1.12. The van der Waals surface area contributed by atoms with Crippen LogP contribution in [0.2, 0.25) is 0 Å². The van der Waals surface area contributed by atoms with Crippen LogP contribution < -0.4 is 5.32 Å². The maximum atomic E-state index is 4.36. The molecule has 1 unspecified atom stereocenters. The summed E-state index contributed by atoms with van der Waals surface area (Å²) in [7, 11) is 0. The maximum absolute atomic E-state index is 4.36. The van der Waals surface area contributed by atoms with E-state index in [1.807, 2.05) is 18.3 Å². The third-order valence-corrected chi connectivity index (χ3v) is 2.84. The quantitative estimate of drug-likeness (QED) is 0.800. The molecular weight excluding hydrogens is 184 g/mol. The summed E-state index contributed by atoms with van der Waals surface area (Å²) >= 11 is 0. The molecule has 0 saturated carbocycles. The second-order valence-electron chi connectivity index (χ2n) is 4.40. The zero-order valence-electron chi connectivity index (χ0n) is 10.2. The highest BCUT2D eigenvalue weighted by Crippen LogP contribution is 2.13. The van der Waals surface area contributed by atoms with E-state index in [1.165, 1.54) is 0 Å². The van der Waals surface area contributed by atoms with Crippen LogP contribution in [0, 0.1) is 5.92 Å². The summed E-state index contributed by atoms with van der Waals surface area (Å²) in [6.45, 7) is 8.91. The second kappa shape index (κ2) is 5.86. The molecule has 1 aromatic rings. The van der Waals surface area contributed by atoms with Gasteiger partial charge in [0.1, 0.15) is 0 Å². The number of pyridine rings is 1. The molecule has 2 heteroatoms. The van der Waals surface area contributed by atoms with E-state index in [0.29, 0.717) is 18.0 Å². The third-order valence-electron chi connectivity index (χ3n) is 2.84. The van der Waals surface area contributed by atoms with Crippen molar-refractivity contribution in [2.45, 2.75) is 46.2 Å². The first kappa shape index (κ1) is 12.2. The van der Waals surface area contributed by atoms with E-state index in [1.54, 1.807) is 0 Å². The number of hydrogen-bond acceptors (Lipinski definition) is 2. The van der Waals surface area contributed by atoms with Crippen molar-refractivity contribution in [1.29, 1.82) is 0 Å². The molecule has 1 aromatic heterocycles. The Hall–Kier alpha value is -0.890. The van der Waals surface area contributed by atoms with Crippen molar-refractivity contribution in [2.24, 2.45) is 5.92 Å². The minimum atomic E-state index is 0.332. The molecule has 84 valence electrons. The number of rotatable bonds is 5. The molecule has 0 aliphatic rings. The predicted molar refractivity (Wildman–Crippen MR) is 64.7 cm³/mol. The van der Waals surface area contributed by atoms with Crippen molar-refractivity contribution in [1.82, 2.24) is 10.3 Å². The molecule has 0 spiro atoms. The first-order valence-electron chi connectivity index (χ1n) is 5.82. The molecule has 1 N–H and O–H groups in total. The van der Waals surface area contributed by atoms with Gasteiger partial charge in [-0.3, -0.25) is 4.98 Å². The smallest absolute Gasteiger partial charge is 0.0570 e. The van der Waals surface area contributed by atoms with Crippen LogP contribution in [0.15, 0.2) is 24.4 Å². The van der Waals surface area contributed by atoms with Crippen LogP contribution in [0.5, 0.6) is 0 Å². The molecule has 0 aliphatic carbocycles. The van der Waals surface area contributed by atoms with Crippen molar-refractivity contribution in [3.63, 3.8) is 0 Å².